The summed E-state index contributed by atoms with van der Waals surface area (Å²) < 4.78 is 4.74. The Morgan fingerprint density at radius 2 is 2.00 bits per heavy atom. The van der Waals surface area contributed by atoms with E-state index in [0.717, 1.165) is 0 Å². The van der Waals surface area contributed by atoms with E-state index in [9.17, 15) is 5.11 Å². The summed E-state index contributed by atoms with van der Waals surface area (Å²) in [4.78, 5) is 0. The molecule has 13 heavy (non-hydrogen) atoms. The molecular formula is C8H19NO4. The van der Waals surface area contributed by atoms with Gasteiger partial charge in [-0.3, -0.25) is 0 Å². The van der Waals surface area contributed by atoms with Gasteiger partial charge in [0.25, 0.3) is 0 Å². The Balaban J connectivity index is 3.15. The van der Waals surface area contributed by atoms with E-state index in [1.807, 2.05) is 0 Å². The minimum Gasteiger partial charge on any atom is -0.394 e. The molecule has 0 saturated carbocycles. The second kappa shape index (κ2) is 8.40. The van der Waals surface area contributed by atoms with Crippen LogP contribution in [0, 0.1) is 0 Å². The Labute approximate surface area is 78.3 Å². The largest absolute Gasteiger partial charge is 0.394 e. The minimum absolute atomic E-state index is 0.242. The molecule has 0 bridgehead atoms. The summed E-state index contributed by atoms with van der Waals surface area (Å²) in [6.45, 7) is 1.02. The number of methoxy groups -OCH3 is 1. The zero-order valence-electron chi connectivity index (χ0n) is 7.94. The molecule has 5 nitrogen and oxygen atoms in total. The maximum absolute atomic E-state index is 9.19. The molecule has 0 spiro atoms. The van der Waals surface area contributed by atoms with Crippen LogP contribution in [0.2, 0.25) is 0 Å². The maximum atomic E-state index is 9.19. The zero-order chi connectivity index (χ0) is 10.1. The molecule has 0 saturated heterocycles. The van der Waals surface area contributed by atoms with Gasteiger partial charge in [0.2, 0.25) is 0 Å². The van der Waals surface area contributed by atoms with Crippen molar-refractivity contribution in [3.63, 3.8) is 0 Å². The van der Waals surface area contributed by atoms with E-state index in [-0.39, 0.29) is 6.61 Å². The van der Waals surface area contributed by atoms with Gasteiger partial charge in [-0.05, 0) is 13.0 Å². The first-order valence-electron chi connectivity index (χ1n) is 4.37. The van der Waals surface area contributed by atoms with Crippen molar-refractivity contribution in [3.8, 4) is 0 Å². The van der Waals surface area contributed by atoms with Crippen LogP contribution in [0.5, 0.6) is 0 Å². The molecule has 0 aliphatic rings. The first-order chi connectivity index (χ1) is 6.20. The topological polar surface area (TPSA) is 82.0 Å². The molecule has 0 aromatic heterocycles. The molecule has 0 heterocycles. The molecule has 80 valence electrons. The van der Waals surface area contributed by atoms with E-state index in [0.29, 0.717) is 26.1 Å². The Bertz CT molecular complexity index is 112. The van der Waals surface area contributed by atoms with Crippen molar-refractivity contribution in [3.05, 3.63) is 0 Å². The van der Waals surface area contributed by atoms with Gasteiger partial charge in [0.15, 0.2) is 0 Å². The number of hydrogen-bond donors (Lipinski definition) is 4. The molecule has 0 fully saturated rings. The van der Waals surface area contributed by atoms with Crippen LogP contribution in [0.3, 0.4) is 0 Å². The highest BCUT2D eigenvalue weighted by Gasteiger charge is 2.04. The first-order valence-corrected chi connectivity index (χ1v) is 4.37. The smallest absolute Gasteiger partial charge is 0.0894 e. The Morgan fingerprint density at radius 1 is 1.31 bits per heavy atom. The number of rotatable bonds is 8. The lowest BCUT2D eigenvalue weighted by atomic mass is 10.2. The van der Waals surface area contributed by atoms with Crippen molar-refractivity contribution in [1.29, 1.82) is 0 Å². The van der Waals surface area contributed by atoms with Gasteiger partial charge < -0.3 is 25.4 Å². The molecule has 0 aromatic carbocycles. The van der Waals surface area contributed by atoms with Gasteiger partial charge in [0, 0.05) is 13.7 Å². The molecule has 0 aromatic rings. The first kappa shape index (κ1) is 12.8. The molecule has 0 aliphatic heterocycles. The van der Waals surface area contributed by atoms with Crippen LogP contribution in [-0.2, 0) is 4.74 Å². The average molecular weight is 193 g/mol. The predicted octanol–water partition coefficient (Wildman–Crippen LogP) is -1.67. The highest BCUT2D eigenvalue weighted by atomic mass is 16.5. The zero-order valence-corrected chi connectivity index (χ0v) is 7.94. The van der Waals surface area contributed by atoms with Crippen LogP contribution < -0.4 is 5.32 Å². The summed E-state index contributed by atoms with van der Waals surface area (Å²) in [5, 5.41) is 29.5. The van der Waals surface area contributed by atoms with Gasteiger partial charge >= 0.3 is 0 Å². The number of nitrogens with one attached hydrogen (secondary N) is 1. The Kier molecular flexibility index (Phi) is 8.27. The third-order valence-corrected chi connectivity index (χ3v) is 1.60. The second-order valence-corrected chi connectivity index (χ2v) is 2.94. The summed E-state index contributed by atoms with van der Waals surface area (Å²) >= 11 is 0. The molecule has 0 amide bonds. The summed E-state index contributed by atoms with van der Waals surface area (Å²) in [5.41, 5.74) is 0. The van der Waals surface area contributed by atoms with Gasteiger partial charge in [0.05, 0.1) is 25.4 Å². The van der Waals surface area contributed by atoms with E-state index >= 15 is 0 Å². The lowest BCUT2D eigenvalue weighted by Crippen LogP contribution is -2.31. The molecule has 1 unspecified atom stereocenters. The number of hydrogen-bond acceptors (Lipinski definition) is 5. The SMILES string of the molecule is COCC(O)CCNC[C@H](O)CO. The molecule has 0 aliphatic carbocycles. The van der Waals surface area contributed by atoms with Crippen molar-refractivity contribution in [2.45, 2.75) is 18.6 Å². The molecule has 2 atom stereocenters. The van der Waals surface area contributed by atoms with Gasteiger partial charge in [-0.15, -0.1) is 0 Å². The predicted molar refractivity (Wildman–Crippen MR) is 48.5 cm³/mol. The van der Waals surface area contributed by atoms with E-state index in [1.165, 1.54) is 7.11 Å². The van der Waals surface area contributed by atoms with Crippen molar-refractivity contribution in [1.82, 2.24) is 5.32 Å². The molecule has 0 rings (SSSR count). The third kappa shape index (κ3) is 8.14. The normalized spacial score (nSPS) is 15.7. The average Bonchev–Trinajstić information content (AvgIpc) is 2.12. The number of ether oxygens (including phenoxy) is 1. The van der Waals surface area contributed by atoms with Gasteiger partial charge in [-0.1, -0.05) is 0 Å². The Morgan fingerprint density at radius 3 is 2.54 bits per heavy atom. The summed E-state index contributed by atoms with van der Waals surface area (Å²) in [5.74, 6) is 0. The fourth-order valence-electron chi connectivity index (χ4n) is 0.878. The molecule has 4 N–H and O–H groups in total. The van der Waals surface area contributed by atoms with Gasteiger partial charge in [-0.2, -0.15) is 0 Å². The third-order valence-electron chi connectivity index (χ3n) is 1.60. The highest BCUT2D eigenvalue weighted by Crippen LogP contribution is 1.89. The minimum atomic E-state index is -0.723. The summed E-state index contributed by atoms with van der Waals surface area (Å²) in [6.07, 6.45) is -0.616. The molecular weight excluding hydrogens is 174 g/mol. The quantitative estimate of drug-likeness (QED) is 0.346. The van der Waals surface area contributed by atoms with Crippen LogP contribution in [0.15, 0.2) is 0 Å². The fraction of sp³-hybridized carbons (Fsp3) is 1.00. The van der Waals surface area contributed by atoms with Crippen LogP contribution in [-0.4, -0.2) is 60.9 Å². The van der Waals surface area contributed by atoms with E-state index < -0.39 is 12.2 Å². The van der Waals surface area contributed by atoms with Crippen LogP contribution in [0.25, 0.3) is 0 Å². The van der Waals surface area contributed by atoms with Crippen molar-refractivity contribution in [2.75, 3.05) is 33.4 Å². The maximum Gasteiger partial charge on any atom is 0.0894 e. The summed E-state index contributed by atoms with van der Waals surface area (Å²) in [7, 11) is 1.53. The van der Waals surface area contributed by atoms with Gasteiger partial charge in [-0.25, -0.2) is 0 Å². The van der Waals surface area contributed by atoms with Crippen molar-refractivity contribution in [2.24, 2.45) is 0 Å². The monoisotopic (exact) mass is 193 g/mol. The number of aliphatic hydroxyl groups excluding tert-OH is 3. The standard InChI is InChI=1S/C8H19NO4/c1-13-6-7(11)2-3-9-4-8(12)5-10/h7-12H,2-6H2,1H3/t7?,8-/m0/s1. The highest BCUT2D eigenvalue weighted by molar-refractivity contribution is 4.60. The second-order valence-electron chi connectivity index (χ2n) is 2.94. The summed E-state index contributed by atoms with van der Waals surface area (Å²) in [6, 6.07) is 0. The number of aliphatic hydroxyl groups is 3. The fourth-order valence-corrected chi connectivity index (χ4v) is 0.878. The van der Waals surface area contributed by atoms with Crippen molar-refractivity contribution < 1.29 is 20.1 Å². The van der Waals surface area contributed by atoms with E-state index in [4.69, 9.17) is 14.9 Å². The van der Waals surface area contributed by atoms with E-state index in [1.54, 1.807) is 0 Å². The van der Waals surface area contributed by atoms with E-state index in [2.05, 4.69) is 5.32 Å². The van der Waals surface area contributed by atoms with Crippen molar-refractivity contribution >= 4 is 0 Å². The van der Waals surface area contributed by atoms with Crippen LogP contribution in [0.1, 0.15) is 6.42 Å². The van der Waals surface area contributed by atoms with Crippen LogP contribution in [0.4, 0.5) is 0 Å². The van der Waals surface area contributed by atoms with Crippen LogP contribution >= 0.6 is 0 Å². The molecule has 5 heteroatoms. The Hall–Kier alpha value is -0.200. The lowest BCUT2D eigenvalue weighted by molar-refractivity contribution is 0.0572. The van der Waals surface area contributed by atoms with Gasteiger partial charge in [0.1, 0.15) is 0 Å². The lowest BCUT2D eigenvalue weighted by Gasteiger charge is -2.11. The molecule has 0 radical (unpaired) electrons.